The predicted molar refractivity (Wildman–Crippen MR) is 108 cm³/mol. The van der Waals surface area contributed by atoms with Crippen LogP contribution >= 0.6 is 15.9 Å². The number of aryl methyl sites for hydroxylation is 2. The average molecular weight is 449 g/mol. The van der Waals surface area contributed by atoms with Gasteiger partial charge in [0, 0.05) is 31.5 Å². The van der Waals surface area contributed by atoms with E-state index in [9.17, 15) is 14.4 Å². The second-order valence-electron chi connectivity index (χ2n) is 6.43. The summed E-state index contributed by atoms with van der Waals surface area (Å²) in [4.78, 5) is 41.4. The zero-order valence-corrected chi connectivity index (χ0v) is 17.5. The van der Waals surface area contributed by atoms with E-state index in [4.69, 9.17) is 4.74 Å². The average Bonchev–Trinajstić information content (AvgIpc) is 3.02. The van der Waals surface area contributed by atoms with Crippen molar-refractivity contribution in [1.29, 1.82) is 0 Å². The van der Waals surface area contributed by atoms with Gasteiger partial charge in [-0.3, -0.25) is 18.7 Å². The number of nitrogens with zero attached hydrogens (tertiary/aromatic N) is 4. The number of benzene rings is 1. The summed E-state index contributed by atoms with van der Waals surface area (Å²) in [6, 6.07) is 7.72. The van der Waals surface area contributed by atoms with Crippen molar-refractivity contribution in [1.82, 2.24) is 18.7 Å². The Balaban J connectivity index is 2.16. The van der Waals surface area contributed by atoms with E-state index in [1.165, 1.54) is 11.6 Å². The maximum atomic E-state index is 12.8. The molecule has 0 N–H and O–H groups in total. The quantitative estimate of drug-likeness (QED) is 0.535. The van der Waals surface area contributed by atoms with E-state index < -0.39 is 11.2 Å². The topological polar surface area (TPSA) is 88.1 Å². The summed E-state index contributed by atoms with van der Waals surface area (Å²) >= 11 is 3.45. The van der Waals surface area contributed by atoms with Gasteiger partial charge in [-0.05, 0) is 24.6 Å². The van der Waals surface area contributed by atoms with Crippen molar-refractivity contribution in [2.45, 2.75) is 26.3 Å². The third-order valence-corrected chi connectivity index (χ3v) is 5.01. The first-order valence-electron chi connectivity index (χ1n) is 8.88. The minimum absolute atomic E-state index is 0.143. The van der Waals surface area contributed by atoms with Crippen molar-refractivity contribution in [3.05, 3.63) is 61.0 Å². The van der Waals surface area contributed by atoms with Gasteiger partial charge in [0.2, 0.25) is 0 Å². The van der Waals surface area contributed by atoms with Crippen molar-refractivity contribution in [2.75, 3.05) is 6.61 Å². The maximum absolute atomic E-state index is 12.8. The van der Waals surface area contributed by atoms with E-state index in [2.05, 4.69) is 20.9 Å². The van der Waals surface area contributed by atoms with Crippen LogP contribution in [-0.2, 0) is 36.6 Å². The van der Waals surface area contributed by atoms with E-state index in [1.54, 1.807) is 18.5 Å². The van der Waals surface area contributed by atoms with Crippen LogP contribution in [0.15, 0.2) is 38.3 Å². The van der Waals surface area contributed by atoms with Gasteiger partial charge in [0.05, 0.1) is 13.0 Å². The number of esters is 1. The predicted octanol–water partition coefficient (Wildman–Crippen LogP) is 1.74. The Morgan fingerprint density at radius 1 is 1.21 bits per heavy atom. The second-order valence-corrected chi connectivity index (χ2v) is 7.34. The number of aromatic nitrogens is 4. The Labute approximate surface area is 169 Å². The van der Waals surface area contributed by atoms with Crippen molar-refractivity contribution in [3.63, 3.8) is 0 Å². The fraction of sp³-hybridized carbons (Fsp3) is 0.368. The molecule has 0 fully saturated rings. The first-order valence-corrected chi connectivity index (χ1v) is 9.68. The molecule has 0 bridgehead atoms. The maximum Gasteiger partial charge on any atom is 0.332 e. The largest absolute Gasteiger partial charge is 0.466 e. The summed E-state index contributed by atoms with van der Waals surface area (Å²) in [5.74, 6) is 0.228. The van der Waals surface area contributed by atoms with Gasteiger partial charge in [-0.15, -0.1) is 0 Å². The smallest absolute Gasteiger partial charge is 0.332 e. The van der Waals surface area contributed by atoms with Gasteiger partial charge < -0.3 is 9.30 Å². The molecule has 2 aromatic heterocycles. The van der Waals surface area contributed by atoms with E-state index in [1.807, 2.05) is 24.3 Å². The Bertz CT molecular complexity index is 1160. The molecule has 3 rings (SSSR count). The third kappa shape index (κ3) is 3.80. The summed E-state index contributed by atoms with van der Waals surface area (Å²) < 4.78 is 10.1. The van der Waals surface area contributed by atoms with Gasteiger partial charge in [0.1, 0.15) is 5.82 Å². The molecule has 0 saturated heterocycles. The fourth-order valence-corrected chi connectivity index (χ4v) is 3.56. The molecule has 148 valence electrons. The molecule has 0 radical (unpaired) electrons. The molecular formula is C19H21BrN4O4. The Hall–Kier alpha value is -2.68. The third-order valence-electron chi connectivity index (χ3n) is 4.51. The molecule has 3 aromatic rings. The molecule has 28 heavy (non-hydrogen) atoms. The lowest BCUT2D eigenvalue weighted by atomic mass is 10.2. The molecule has 0 amide bonds. The van der Waals surface area contributed by atoms with Crippen molar-refractivity contribution >= 4 is 33.1 Å². The molecule has 1 aromatic carbocycles. The van der Waals surface area contributed by atoms with Crippen LogP contribution in [0.3, 0.4) is 0 Å². The standard InChI is InChI=1S/C19H21BrN4O4/c1-4-28-15(25)9-8-14-21-17-16(18(26)23(3)19(27)22(17)2)24(14)11-12-6-5-7-13(20)10-12/h5-7,10H,4,8-9,11H2,1-3H3. The Morgan fingerprint density at radius 2 is 1.96 bits per heavy atom. The molecule has 0 aliphatic carbocycles. The number of hydrogen-bond donors (Lipinski definition) is 0. The van der Waals surface area contributed by atoms with Crippen LogP contribution in [0, 0.1) is 0 Å². The first kappa shape index (κ1) is 20.1. The van der Waals surface area contributed by atoms with Crippen molar-refractivity contribution < 1.29 is 9.53 Å². The molecule has 0 saturated carbocycles. The molecular weight excluding hydrogens is 428 g/mol. The number of carbonyl (C=O) groups excluding carboxylic acids is 1. The molecule has 0 aliphatic heterocycles. The van der Waals surface area contributed by atoms with Gasteiger partial charge in [0.15, 0.2) is 11.2 Å². The van der Waals surface area contributed by atoms with Crippen LogP contribution in [-0.4, -0.2) is 31.3 Å². The molecule has 8 nitrogen and oxygen atoms in total. The lowest BCUT2D eigenvalue weighted by molar-refractivity contribution is -0.143. The van der Waals surface area contributed by atoms with Gasteiger partial charge in [-0.25, -0.2) is 9.78 Å². The molecule has 0 aliphatic rings. The van der Waals surface area contributed by atoms with Crippen LogP contribution < -0.4 is 11.2 Å². The van der Waals surface area contributed by atoms with Gasteiger partial charge in [-0.2, -0.15) is 0 Å². The molecule has 0 atom stereocenters. The van der Waals surface area contributed by atoms with Crippen LogP contribution in [0.5, 0.6) is 0 Å². The van der Waals surface area contributed by atoms with Crippen LogP contribution in [0.2, 0.25) is 0 Å². The number of halogens is 1. The lowest BCUT2D eigenvalue weighted by Gasteiger charge is -2.10. The fourth-order valence-electron chi connectivity index (χ4n) is 3.12. The minimum Gasteiger partial charge on any atom is -0.466 e. The SMILES string of the molecule is CCOC(=O)CCc1nc2c(c(=O)n(C)c(=O)n2C)n1Cc1cccc(Br)c1. The number of ether oxygens (including phenoxy) is 1. The van der Waals surface area contributed by atoms with E-state index in [-0.39, 0.29) is 12.4 Å². The highest BCUT2D eigenvalue weighted by atomic mass is 79.9. The minimum atomic E-state index is -0.443. The Kier molecular flexibility index (Phi) is 5.83. The molecule has 0 unspecified atom stereocenters. The highest BCUT2D eigenvalue weighted by Gasteiger charge is 2.20. The first-order chi connectivity index (χ1) is 13.3. The number of rotatable bonds is 6. The van der Waals surface area contributed by atoms with Gasteiger partial charge in [0.25, 0.3) is 5.56 Å². The summed E-state index contributed by atoms with van der Waals surface area (Å²) in [6.45, 7) is 2.45. The van der Waals surface area contributed by atoms with Crippen LogP contribution in [0.1, 0.15) is 24.7 Å². The monoisotopic (exact) mass is 448 g/mol. The van der Waals surface area contributed by atoms with E-state index in [0.717, 1.165) is 14.6 Å². The molecule has 2 heterocycles. The van der Waals surface area contributed by atoms with Crippen molar-refractivity contribution in [2.24, 2.45) is 14.1 Å². The summed E-state index contributed by atoms with van der Waals surface area (Å²) in [5.41, 5.74) is 0.747. The van der Waals surface area contributed by atoms with Crippen LogP contribution in [0.4, 0.5) is 0 Å². The summed E-state index contributed by atoms with van der Waals surface area (Å²) in [6.07, 6.45) is 0.447. The lowest BCUT2D eigenvalue weighted by Crippen LogP contribution is -2.37. The number of carbonyl (C=O) groups is 1. The number of hydrogen-bond acceptors (Lipinski definition) is 5. The summed E-state index contributed by atoms with van der Waals surface area (Å²) in [5, 5.41) is 0. The van der Waals surface area contributed by atoms with Crippen LogP contribution in [0.25, 0.3) is 11.2 Å². The zero-order chi connectivity index (χ0) is 20.4. The number of fused-ring (bicyclic) bond motifs is 1. The highest BCUT2D eigenvalue weighted by molar-refractivity contribution is 9.10. The normalized spacial score (nSPS) is 11.1. The summed E-state index contributed by atoms with van der Waals surface area (Å²) in [7, 11) is 3.02. The van der Waals surface area contributed by atoms with Gasteiger partial charge >= 0.3 is 11.7 Å². The van der Waals surface area contributed by atoms with E-state index >= 15 is 0 Å². The number of imidazole rings is 1. The highest BCUT2D eigenvalue weighted by Crippen LogP contribution is 2.18. The Morgan fingerprint density at radius 3 is 2.64 bits per heavy atom. The molecule has 9 heteroatoms. The zero-order valence-electron chi connectivity index (χ0n) is 15.9. The van der Waals surface area contributed by atoms with Crippen molar-refractivity contribution in [3.8, 4) is 0 Å². The van der Waals surface area contributed by atoms with Gasteiger partial charge in [-0.1, -0.05) is 28.1 Å². The van der Waals surface area contributed by atoms with E-state index in [0.29, 0.717) is 36.6 Å². The second kappa shape index (κ2) is 8.14. The molecule has 0 spiro atoms.